The van der Waals surface area contributed by atoms with Crippen LogP contribution in [0.25, 0.3) is 0 Å². The van der Waals surface area contributed by atoms with Gasteiger partial charge in [-0.2, -0.15) is 0 Å². The molecule has 83 heavy (non-hydrogen) atoms. The van der Waals surface area contributed by atoms with Gasteiger partial charge in [0.2, 0.25) is 0 Å². The number of carbonyl (C=O) groups is 3. The lowest BCUT2D eigenvalue weighted by molar-refractivity contribution is -0.167. The van der Waals surface area contributed by atoms with E-state index in [1.807, 2.05) is 0 Å². The van der Waals surface area contributed by atoms with Crippen LogP contribution in [-0.4, -0.2) is 37.2 Å². The van der Waals surface area contributed by atoms with E-state index in [1.54, 1.807) is 0 Å². The number of carbonyl (C=O) groups excluding carboxylic acids is 3. The van der Waals surface area contributed by atoms with Crippen LogP contribution in [-0.2, 0) is 28.6 Å². The molecule has 0 fully saturated rings. The second-order valence-electron chi connectivity index (χ2n) is 23.4. The fraction of sp³-hybridized carbons (Fsp3) is 0.727. The third-order valence-electron chi connectivity index (χ3n) is 15.2. The number of allylic oxidation sites excluding steroid dienone is 18. The van der Waals surface area contributed by atoms with Crippen molar-refractivity contribution in [1.82, 2.24) is 0 Å². The van der Waals surface area contributed by atoms with Gasteiger partial charge < -0.3 is 14.2 Å². The van der Waals surface area contributed by atoms with Crippen molar-refractivity contribution in [3.8, 4) is 0 Å². The van der Waals surface area contributed by atoms with E-state index < -0.39 is 6.10 Å². The van der Waals surface area contributed by atoms with E-state index in [-0.39, 0.29) is 31.1 Å². The molecule has 0 saturated heterocycles. The van der Waals surface area contributed by atoms with E-state index in [4.69, 9.17) is 14.2 Å². The second-order valence-corrected chi connectivity index (χ2v) is 23.4. The van der Waals surface area contributed by atoms with Gasteiger partial charge in [-0.05, 0) is 128 Å². The van der Waals surface area contributed by atoms with E-state index in [0.717, 1.165) is 103 Å². The Morgan fingerprint density at radius 2 is 0.470 bits per heavy atom. The van der Waals surface area contributed by atoms with Crippen molar-refractivity contribution in [2.75, 3.05) is 13.2 Å². The summed E-state index contributed by atoms with van der Waals surface area (Å²) in [6, 6.07) is 0. The molecule has 6 heteroatoms. The highest BCUT2D eigenvalue weighted by Crippen LogP contribution is 2.17. The molecule has 0 saturated carbocycles. The van der Waals surface area contributed by atoms with Crippen molar-refractivity contribution in [2.45, 2.75) is 348 Å². The van der Waals surface area contributed by atoms with Crippen molar-refractivity contribution < 1.29 is 28.6 Å². The van der Waals surface area contributed by atoms with Crippen LogP contribution in [0.4, 0.5) is 0 Å². The standard InChI is InChI=1S/C77H132O6/c1-4-7-10-13-16-19-22-25-28-31-34-35-36-37-38-39-40-41-44-46-49-52-55-58-61-64-67-70-76(79)82-73-74(83-77(80)71-68-65-62-59-56-53-50-47-43-33-30-27-24-21-18-15-12-9-6-3)72-81-75(78)69-66-63-60-57-54-51-48-45-42-32-29-26-23-20-17-14-11-8-5-2/h7,10,16-21,25-30,34-35,37-38,74H,4-6,8-9,11-15,22-24,31-33,36,39-73H2,1-3H3/b10-7-,19-16-,20-17-,21-18-,28-25-,29-26-,30-27-,35-34-,38-37-. The first-order chi connectivity index (χ1) is 41.0. The first-order valence-corrected chi connectivity index (χ1v) is 35.4. The molecule has 0 aliphatic carbocycles. The maximum atomic E-state index is 13.0. The van der Waals surface area contributed by atoms with E-state index in [1.165, 1.54) is 199 Å². The Morgan fingerprint density at radius 3 is 0.735 bits per heavy atom. The van der Waals surface area contributed by atoms with Gasteiger partial charge in [0.05, 0.1) is 0 Å². The summed E-state index contributed by atoms with van der Waals surface area (Å²) in [6.07, 6.45) is 96.7. The summed E-state index contributed by atoms with van der Waals surface area (Å²) in [5.74, 6) is -0.878. The van der Waals surface area contributed by atoms with Crippen LogP contribution in [0.1, 0.15) is 342 Å². The molecule has 0 amide bonds. The number of hydrogen-bond donors (Lipinski definition) is 0. The zero-order valence-corrected chi connectivity index (χ0v) is 54.7. The highest BCUT2D eigenvalue weighted by molar-refractivity contribution is 5.71. The minimum absolute atomic E-state index is 0.0816. The average Bonchev–Trinajstić information content (AvgIpc) is 3.50. The van der Waals surface area contributed by atoms with Crippen molar-refractivity contribution in [1.29, 1.82) is 0 Å². The minimum atomic E-state index is -0.787. The monoisotopic (exact) mass is 1150 g/mol. The molecule has 0 aliphatic heterocycles. The molecule has 0 bridgehead atoms. The van der Waals surface area contributed by atoms with E-state index in [0.29, 0.717) is 19.3 Å². The van der Waals surface area contributed by atoms with Gasteiger partial charge in [-0.1, -0.05) is 304 Å². The van der Waals surface area contributed by atoms with Crippen LogP contribution in [0.15, 0.2) is 109 Å². The molecule has 1 unspecified atom stereocenters. The number of rotatable bonds is 64. The predicted octanol–water partition coefficient (Wildman–Crippen LogP) is 24.6. The molecule has 0 spiro atoms. The molecule has 0 radical (unpaired) electrons. The van der Waals surface area contributed by atoms with Crippen LogP contribution in [0.5, 0.6) is 0 Å². The topological polar surface area (TPSA) is 78.9 Å². The Labute approximate surface area is 514 Å². The summed E-state index contributed by atoms with van der Waals surface area (Å²) < 4.78 is 17.0. The molecule has 1 atom stereocenters. The Balaban J connectivity index is 4.36. The molecule has 0 aromatic carbocycles. The van der Waals surface area contributed by atoms with Crippen LogP contribution in [0.2, 0.25) is 0 Å². The molecule has 0 rings (SSSR count). The summed E-state index contributed by atoms with van der Waals surface area (Å²) in [5, 5.41) is 0. The Morgan fingerprint density at radius 1 is 0.253 bits per heavy atom. The maximum absolute atomic E-state index is 13.0. The number of hydrogen-bond acceptors (Lipinski definition) is 6. The highest BCUT2D eigenvalue weighted by atomic mass is 16.6. The van der Waals surface area contributed by atoms with Gasteiger partial charge in [0.25, 0.3) is 0 Å². The van der Waals surface area contributed by atoms with Gasteiger partial charge in [0.15, 0.2) is 6.10 Å². The molecular formula is C77H132O6. The number of ether oxygens (including phenoxy) is 3. The Bertz CT molecular complexity index is 1660. The lowest BCUT2D eigenvalue weighted by Crippen LogP contribution is -2.30. The normalized spacial score (nSPS) is 12.8. The van der Waals surface area contributed by atoms with Crippen LogP contribution in [0, 0.1) is 0 Å². The first-order valence-electron chi connectivity index (χ1n) is 35.4. The predicted molar refractivity (Wildman–Crippen MR) is 362 cm³/mol. The summed E-state index contributed by atoms with van der Waals surface area (Å²) in [7, 11) is 0. The van der Waals surface area contributed by atoms with E-state index in [2.05, 4.69) is 130 Å². The zero-order chi connectivity index (χ0) is 59.9. The highest BCUT2D eigenvalue weighted by Gasteiger charge is 2.19. The Kier molecular flexibility index (Phi) is 67.2. The fourth-order valence-corrected chi connectivity index (χ4v) is 9.94. The summed E-state index contributed by atoms with van der Waals surface area (Å²) in [5.41, 5.74) is 0. The van der Waals surface area contributed by atoms with Crippen molar-refractivity contribution >= 4 is 17.9 Å². The summed E-state index contributed by atoms with van der Waals surface area (Å²) >= 11 is 0. The number of esters is 3. The second kappa shape index (κ2) is 70.6. The van der Waals surface area contributed by atoms with Gasteiger partial charge >= 0.3 is 17.9 Å². The molecule has 0 N–H and O–H groups in total. The molecule has 0 aromatic heterocycles. The van der Waals surface area contributed by atoms with Gasteiger partial charge in [-0.3, -0.25) is 14.4 Å². The number of unbranched alkanes of at least 4 members (excludes halogenated alkanes) is 35. The summed E-state index contributed by atoms with van der Waals surface area (Å²) in [4.78, 5) is 38.5. The fourth-order valence-electron chi connectivity index (χ4n) is 9.94. The minimum Gasteiger partial charge on any atom is -0.462 e. The van der Waals surface area contributed by atoms with Crippen molar-refractivity contribution in [3.63, 3.8) is 0 Å². The molecular weight excluding hydrogens is 1020 g/mol. The molecule has 0 aliphatic rings. The van der Waals surface area contributed by atoms with Crippen LogP contribution < -0.4 is 0 Å². The van der Waals surface area contributed by atoms with E-state index >= 15 is 0 Å². The largest absolute Gasteiger partial charge is 0.462 e. The van der Waals surface area contributed by atoms with Crippen molar-refractivity contribution in [3.05, 3.63) is 109 Å². The van der Waals surface area contributed by atoms with Crippen LogP contribution in [0.3, 0.4) is 0 Å². The maximum Gasteiger partial charge on any atom is 0.306 e. The van der Waals surface area contributed by atoms with Gasteiger partial charge in [-0.25, -0.2) is 0 Å². The van der Waals surface area contributed by atoms with Gasteiger partial charge in [0.1, 0.15) is 13.2 Å². The lowest BCUT2D eigenvalue weighted by Gasteiger charge is -2.18. The third-order valence-corrected chi connectivity index (χ3v) is 15.2. The van der Waals surface area contributed by atoms with Crippen LogP contribution >= 0.6 is 0 Å². The SMILES string of the molecule is CC/C=C\C/C=C\C/C=C\C/C=C\C/C=C\CCCCCCCCCCCCCC(=O)OCC(COC(=O)CCCCCCCCCCC/C=C\C/C=C\CCCCC)OC(=O)CCCCCCCCCCC/C=C\C/C=C\CCCCC. The van der Waals surface area contributed by atoms with Crippen molar-refractivity contribution in [2.24, 2.45) is 0 Å². The smallest absolute Gasteiger partial charge is 0.306 e. The quantitative estimate of drug-likeness (QED) is 0.0261. The Hall–Kier alpha value is -3.93. The average molecular weight is 1150 g/mol. The zero-order valence-electron chi connectivity index (χ0n) is 54.7. The molecule has 0 heterocycles. The van der Waals surface area contributed by atoms with E-state index in [9.17, 15) is 14.4 Å². The molecule has 0 aromatic rings. The first kappa shape index (κ1) is 79.1. The lowest BCUT2D eigenvalue weighted by atomic mass is 10.0. The van der Waals surface area contributed by atoms with Gasteiger partial charge in [0, 0.05) is 19.3 Å². The van der Waals surface area contributed by atoms with Gasteiger partial charge in [-0.15, -0.1) is 0 Å². The molecule has 476 valence electrons. The third kappa shape index (κ3) is 68.7. The molecule has 6 nitrogen and oxygen atoms in total. The summed E-state index contributed by atoms with van der Waals surface area (Å²) in [6.45, 7) is 6.51.